The largest absolute Gasteiger partial charge is 0.462 e. The van der Waals surface area contributed by atoms with Gasteiger partial charge in [-0.2, -0.15) is 9.57 Å². The maximum Gasteiger partial charge on any atom is 0.350 e. The Morgan fingerprint density at radius 1 is 1.30 bits per heavy atom. The van der Waals surface area contributed by atoms with Crippen molar-refractivity contribution in [2.24, 2.45) is 11.8 Å². The first kappa shape index (κ1) is 20.9. The molecule has 0 saturated carbocycles. The summed E-state index contributed by atoms with van der Waals surface area (Å²) in [5.41, 5.74) is 0.399. The molecule has 0 aromatic heterocycles. The SMILES string of the molecule is CCOC(=O)/C(C#N)=C/Nc1ccc(S(=O)(=O)N2C[C@H](C)C[C@@H](C)C2)cc1. The fraction of sp³-hybridized carbons (Fsp3) is 0.474. The molecule has 1 N–H and O–H groups in total. The van der Waals surface area contributed by atoms with Crippen LogP contribution in [0.25, 0.3) is 0 Å². The van der Waals surface area contributed by atoms with Crippen molar-refractivity contribution < 1.29 is 17.9 Å². The minimum absolute atomic E-state index is 0.162. The minimum atomic E-state index is -3.54. The number of hydrogen-bond donors (Lipinski definition) is 1. The van der Waals surface area contributed by atoms with Gasteiger partial charge in [-0.3, -0.25) is 0 Å². The van der Waals surface area contributed by atoms with Crippen LogP contribution in [0.1, 0.15) is 27.2 Å². The number of sulfonamides is 1. The normalized spacial score (nSPS) is 21.3. The molecule has 0 spiro atoms. The van der Waals surface area contributed by atoms with Crippen LogP contribution in [0, 0.1) is 23.2 Å². The Labute approximate surface area is 160 Å². The number of hydrogen-bond acceptors (Lipinski definition) is 6. The first-order chi connectivity index (χ1) is 12.8. The molecule has 2 rings (SSSR count). The van der Waals surface area contributed by atoms with Crippen LogP contribution < -0.4 is 5.32 Å². The van der Waals surface area contributed by atoms with Gasteiger partial charge in [0.25, 0.3) is 0 Å². The molecular weight excluding hydrogens is 366 g/mol. The van der Waals surface area contributed by atoms with Gasteiger partial charge in [0.15, 0.2) is 5.57 Å². The second-order valence-corrected chi connectivity index (χ2v) is 8.77. The highest BCUT2D eigenvalue weighted by Crippen LogP contribution is 2.27. The maximum atomic E-state index is 12.9. The molecule has 1 aliphatic rings. The van der Waals surface area contributed by atoms with Gasteiger partial charge in [0.05, 0.1) is 11.5 Å². The van der Waals surface area contributed by atoms with E-state index in [1.807, 2.05) is 0 Å². The highest BCUT2D eigenvalue weighted by molar-refractivity contribution is 7.89. The van der Waals surface area contributed by atoms with Crippen molar-refractivity contribution in [1.82, 2.24) is 4.31 Å². The molecule has 0 unspecified atom stereocenters. The topological polar surface area (TPSA) is 99.5 Å². The predicted octanol–water partition coefficient (Wildman–Crippen LogP) is 2.74. The molecule has 8 heteroatoms. The Bertz CT molecular complexity index is 831. The zero-order valence-corrected chi connectivity index (χ0v) is 16.6. The summed E-state index contributed by atoms with van der Waals surface area (Å²) in [5.74, 6) is -0.0381. The van der Waals surface area contributed by atoms with Crippen LogP contribution in [0.3, 0.4) is 0 Å². The van der Waals surface area contributed by atoms with Crippen molar-refractivity contribution >= 4 is 21.7 Å². The number of nitriles is 1. The van der Waals surface area contributed by atoms with E-state index in [1.54, 1.807) is 29.4 Å². The first-order valence-electron chi connectivity index (χ1n) is 8.92. The van der Waals surface area contributed by atoms with Crippen LogP contribution in [0.15, 0.2) is 40.9 Å². The number of anilines is 1. The molecule has 0 radical (unpaired) electrons. The Kier molecular flexibility index (Phi) is 6.99. The molecule has 1 aromatic rings. The summed E-state index contributed by atoms with van der Waals surface area (Å²) in [4.78, 5) is 11.8. The Morgan fingerprint density at radius 2 is 1.89 bits per heavy atom. The summed E-state index contributed by atoms with van der Waals surface area (Å²) in [5, 5.41) is 11.8. The van der Waals surface area contributed by atoms with Crippen LogP contribution in [0.4, 0.5) is 5.69 Å². The van der Waals surface area contributed by atoms with Gasteiger partial charge in [0, 0.05) is 25.0 Å². The van der Waals surface area contributed by atoms with E-state index in [9.17, 15) is 13.2 Å². The second kappa shape index (κ2) is 9.02. The van der Waals surface area contributed by atoms with Crippen LogP contribution in [-0.2, 0) is 19.6 Å². The average molecular weight is 391 g/mol. The van der Waals surface area contributed by atoms with E-state index in [2.05, 4.69) is 19.2 Å². The summed E-state index contributed by atoms with van der Waals surface area (Å²) >= 11 is 0. The first-order valence-corrected chi connectivity index (χ1v) is 10.4. The molecule has 0 bridgehead atoms. The van der Waals surface area contributed by atoms with Gasteiger partial charge in [-0.05, 0) is 49.4 Å². The monoisotopic (exact) mass is 391 g/mol. The molecule has 7 nitrogen and oxygen atoms in total. The quantitative estimate of drug-likeness (QED) is 0.455. The Morgan fingerprint density at radius 3 is 2.41 bits per heavy atom. The van der Waals surface area contributed by atoms with Gasteiger partial charge in [-0.15, -0.1) is 0 Å². The van der Waals surface area contributed by atoms with Crippen molar-refractivity contribution in [3.63, 3.8) is 0 Å². The number of esters is 1. The summed E-state index contributed by atoms with van der Waals surface area (Å²) in [6.07, 6.45) is 2.28. The lowest BCUT2D eigenvalue weighted by Crippen LogP contribution is -2.42. The number of benzene rings is 1. The number of ether oxygens (including phenoxy) is 1. The zero-order valence-electron chi connectivity index (χ0n) is 15.8. The third-order valence-electron chi connectivity index (χ3n) is 4.33. The van der Waals surface area contributed by atoms with Crippen LogP contribution in [-0.4, -0.2) is 38.4 Å². The lowest BCUT2D eigenvalue weighted by molar-refractivity contribution is -0.138. The summed E-state index contributed by atoms with van der Waals surface area (Å²) < 4.78 is 32.0. The lowest BCUT2D eigenvalue weighted by Gasteiger charge is -2.34. The number of nitrogens with zero attached hydrogens (tertiary/aromatic N) is 2. The zero-order chi connectivity index (χ0) is 20.0. The van der Waals surface area contributed by atoms with Crippen LogP contribution >= 0.6 is 0 Å². The van der Waals surface area contributed by atoms with E-state index in [0.717, 1.165) is 6.42 Å². The van der Waals surface area contributed by atoms with Crippen LogP contribution in [0.2, 0.25) is 0 Å². The van der Waals surface area contributed by atoms with Gasteiger partial charge >= 0.3 is 5.97 Å². The van der Waals surface area contributed by atoms with E-state index in [4.69, 9.17) is 10.00 Å². The average Bonchev–Trinajstić information content (AvgIpc) is 2.62. The van der Waals surface area contributed by atoms with Gasteiger partial charge in [0.2, 0.25) is 10.0 Å². The number of rotatable bonds is 6. The van der Waals surface area contributed by atoms with E-state index in [0.29, 0.717) is 30.6 Å². The fourth-order valence-electron chi connectivity index (χ4n) is 3.18. The van der Waals surface area contributed by atoms with Crippen molar-refractivity contribution in [2.75, 3.05) is 25.0 Å². The molecule has 1 aliphatic heterocycles. The summed E-state index contributed by atoms with van der Waals surface area (Å²) in [6, 6.07) is 8.00. The smallest absolute Gasteiger partial charge is 0.350 e. The molecule has 146 valence electrons. The highest BCUT2D eigenvalue weighted by atomic mass is 32.2. The molecule has 27 heavy (non-hydrogen) atoms. The highest BCUT2D eigenvalue weighted by Gasteiger charge is 2.31. The van der Waals surface area contributed by atoms with Crippen molar-refractivity contribution in [3.05, 3.63) is 36.0 Å². The van der Waals surface area contributed by atoms with E-state index in [1.165, 1.54) is 18.3 Å². The van der Waals surface area contributed by atoms with E-state index < -0.39 is 16.0 Å². The van der Waals surface area contributed by atoms with Gasteiger partial charge in [-0.25, -0.2) is 13.2 Å². The van der Waals surface area contributed by atoms with Gasteiger partial charge < -0.3 is 10.1 Å². The van der Waals surface area contributed by atoms with Crippen LogP contribution in [0.5, 0.6) is 0 Å². The van der Waals surface area contributed by atoms with Crippen molar-refractivity contribution in [1.29, 1.82) is 5.26 Å². The van der Waals surface area contributed by atoms with E-state index >= 15 is 0 Å². The number of carbonyl (C=O) groups is 1. The Hall–Kier alpha value is -2.37. The molecule has 1 saturated heterocycles. The van der Waals surface area contributed by atoms with Crippen molar-refractivity contribution in [3.8, 4) is 6.07 Å². The van der Waals surface area contributed by atoms with Crippen molar-refractivity contribution in [2.45, 2.75) is 32.1 Å². The molecule has 0 amide bonds. The fourth-order valence-corrected chi connectivity index (χ4v) is 4.86. The Balaban J connectivity index is 2.12. The standard InChI is InChI=1S/C19H25N3O4S/c1-4-26-19(23)16(10-20)11-21-17-5-7-18(8-6-17)27(24,25)22-12-14(2)9-15(3)13-22/h5-8,11,14-15,21H,4,9,12-13H2,1-3H3/b16-11+/t14-,15-/m1/s1. The molecule has 1 heterocycles. The number of nitrogens with one attached hydrogen (secondary N) is 1. The van der Waals surface area contributed by atoms with Gasteiger partial charge in [0.1, 0.15) is 6.07 Å². The van der Waals surface area contributed by atoms with Gasteiger partial charge in [-0.1, -0.05) is 13.8 Å². The third-order valence-corrected chi connectivity index (χ3v) is 6.17. The predicted molar refractivity (Wildman–Crippen MR) is 102 cm³/mol. The molecule has 0 aliphatic carbocycles. The van der Waals surface area contributed by atoms with E-state index in [-0.39, 0.29) is 17.1 Å². The third kappa shape index (κ3) is 5.31. The molecule has 1 aromatic carbocycles. The molecule has 1 fully saturated rings. The number of piperidine rings is 1. The summed E-state index contributed by atoms with van der Waals surface area (Å²) in [7, 11) is -3.54. The second-order valence-electron chi connectivity index (χ2n) is 6.83. The summed E-state index contributed by atoms with van der Waals surface area (Å²) in [6.45, 7) is 7.02. The minimum Gasteiger partial charge on any atom is -0.462 e. The molecule has 2 atom stereocenters. The maximum absolute atomic E-state index is 12.9. The molecular formula is C19H25N3O4S. The lowest BCUT2D eigenvalue weighted by atomic mass is 9.94. The number of carbonyl (C=O) groups excluding carboxylic acids is 1.